The van der Waals surface area contributed by atoms with Crippen molar-refractivity contribution in [3.05, 3.63) is 62.4 Å². The third kappa shape index (κ3) is 3.69. The first kappa shape index (κ1) is 15.2. The summed E-state index contributed by atoms with van der Waals surface area (Å²) < 4.78 is 24.8. The Labute approximate surface area is 128 Å². The molecule has 0 aliphatic heterocycles. The highest BCUT2D eigenvalue weighted by Gasteiger charge is 2.13. The average Bonchev–Trinajstić information content (AvgIpc) is 2.46. The van der Waals surface area contributed by atoms with Crippen molar-refractivity contribution in [3.8, 4) is 11.5 Å². The van der Waals surface area contributed by atoms with Crippen LogP contribution in [-0.2, 0) is 6.61 Å². The molecule has 0 atom stereocenters. The van der Waals surface area contributed by atoms with Crippen LogP contribution in [0, 0.1) is 15.9 Å². The average molecular weight is 356 g/mol. The molecule has 0 radical (unpaired) electrons. The Balaban J connectivity index is 2.22. The van der Waals surface area contributed by atoms with Crippen LogP contribution in [-0.4, -0.2) is 12.0 Å². The first-order chi connectivity index (χ1) is 10.0. The molecule has 0 spiro atoms. The summed E-state index contributed by atoms with van der Waals surface area (Å²) in [4.78, 5) is 10.2. The normalized spacial score (nSPS) is 10.2. The number of halogens is 2. The van der Waals surface area contributed by atoms with E-state index in [1.54, 1.807) is 12.1 Å². The molecule has 5 nitrogen and oxygen atoms in total. The molecule has 2 aromatic rings. The number of nitro benzene ring substituents is 1. The number of hydrogen-bond acceptors (Lipinski definition) is 4. The van der Waals surface area contributed by atoms with E-state index in [1.807, 2.05) is 0 Å². The SMILES string of the molecule is COc1ccc([N+](=O)[O-])cc1OCc1ccc(Br)cc1F. The van der Waals surface area contributed by atoms with Crippen molar-refractivity contribution in [2.45, 2.75) is 6.61 Å². The van der Waals surface area contributed by atoms with Gasteiger partial charge in [0.05, 0.1) is 18.1 Å². The van der Waals surface area contributed by atoms with E-state index in [0.29, 0.717) is 15.8 Å². The Morgan fingerprint density at radius 2 is 2.00 bits per heavy atom. The number of nitro groups is 1. The highest BCUT2D eigenvalue weighted by molar-refractivity contribution is 9.10. The molecule has 110 valence electrons. The molecule has 0 amide bonds. The zero-order chi connectivity index (χ0) is 15.4. The molecule has 0 aliphatic carbocycles. The van der Waals surface area contributed by atoms with Gasteiger partial charge < -0.3 is 9.47 Å². The predicted octanol–water partition coefficient (Wildman–Crippen LogP) is 4.08. The smallest absolute Gasteiger partial charge is 0.273 e. The number of rotatable bonds is 5. The van der Waals surface area contributed by atoms with Crippen molar-refractivity contribution in [2.75, 3.05) is 7.11 Å². The molecule has 0 unspecified atom stereocenters. The fraction of sp³-hybridized carbons (Fsp3) is 0.143. The van der Waals surface area contributed by atoms with Crippen molar-refractivity contribution < 1.29 is 18.8 Å². The minimum atomic E-state index is -0.535. The lowest BCUT2D eigenvalue weighted by Gasteiger charge is -2.11. The van der Waals surface area contributed by atoms with Gasteiger partial charge in [-0.15, -0.1) is 0 Å². The topological polar surface area (TPSA) is 61.6 Å². The zero-order valence-corrected chi connectivity index (χ0v) is 12.6. The predicted molar refractivity (Wildman–Crippen MR) is 78.1 cm³/mol. The lowest BCUT2D eigenvalue weighted by atomic mass is 10.2. The van der Waals surface area contributed by atoms with E-state index >= 15 is 0 Å². The Morgan fingerprint density at radius 3 is 2.62 bits per heavy atom. The van der Waals surface area contributed by atoms with E-state index < -0.39 is 10.7 Å². The van der Waals surface area contributed by atoms with Crippen LogP contribution >= 0.6 is 15.9 Å². The summed E-state index contributed by atoms with van der Waals surface area (Å²) in [5.74, 6) is 0.112. The fourth-order valence-electron chi connectivity index (χ4n) is 1.69. The maximum absolute atomic E-state index is 13.7. The van der Waals surface area contributed by atoms with Gasteiger partial charge in [-0.25, -0.2) is 4.39 Å². The molecule has 0 fully saturated rings. The summed E-state index contributed by atoms with van der Waals surface area (Å²) in [5.41, 5.74) is 0.217. The molecule has 2 rings (SSSR count). The van der Waals surface area contributed by atoms with E-state index in [0.717, 1.165) is 0 Å². The van der Waals surface area contributed by atoms with Gasteiger partial charge in [0, 0.05) is 16.1 Å². The molecule has 0 aliphatic rings. The number of hydrogen-bond donors (Lipinski definition) is 0. The van der Waals surface area contributed by atoms with Crippen molar-refractivity contribution >= 4 is 21.6 Å². The molecule has 0 bridgehead atoms. The number of nitrogens with zero attached hydrogens (tertiary/aromatic N) is 1. The summed E-state index contributed by atoms with van der Waals surface area (Å²) >= 11 is 3.16. The third-order valence-electron chi connectivity index (χ3n) is 2.76. The van der Waals surface area contributed by atoms with Crippen LogP contribution in [0.5, 0.6) is 11.5 Å². The Bertz CT molecular complexity index is 678. The summed E-state index contributed by atoms with van der Waals surface area (Å²) in [6.45, 7) is -0.0589. The van der Waals surface area contributed by atoms with Crippen LogP contribution in [0.25, 0.3) is 0 Å². The Morgan fingerprint density at radius 1 is 1.24 bits per heavy atom. The third-order valence-corrected chi connectivity index (χ3v) is 3.25. The zero-order valence-electron chi connectivity index (χ0n) is 11.0. The van der Waals surface area contributed by atoms with Crippen molar-refractivity contribution in [1.82, 2.24) is 0 Å². The summed E-state index contributed by atoms with van der Waals surface area (Å²) in [7, 11) is 1.42. The number of methoxy groups -OCH3 is 1. The van der Waals surface area contributed by atoms with Crippen LogP contribution in [0.15, 0.2) is 40.9 Å². The molecule has 7 heteroatoms. The van der Waals surface area contributed by atoms with Crippen LogP contribution in [0.2, 0.25) is 0 Å². The Kier molecular flexibility index (Phi) is 4.74. The number of ether oxygens (including phenoxy) is 2. The molecule has 0 heterocycles. The van der Waals surface area contributed by atoms with Gasteiger partial charge in [-0.3, -0.25) is 10.1 Å². The van der Waals surface area contributed by atoms with Gasteiger partial charge in [-0.1, -0.05) is 22.0 Å². The maximum Gasteiger partial charge on any atom is 0.273 e. The molecule has 21 heavy (non-hydrogen) atoms. The van der Waals surface area contributed by atoms with Gasteiger partial charge >= 0.3 is 0 Å². The van der Waals surface area contributed by atoms with Gasteiger partial charge in [0.25, 0.3) is 5.69 Å². The van der Waals surface area contributed by atoms with Crippen molar-refractivity contribution in [1.29, 1.82) is 0 Å². The van der Waals surface area contributed by atoms with E-state index in [9.17, 15) is 14.5 Å². The van der Waals surface area contributed by atoms with Gasteiger partial charge in [-0.2, -0.15) is 0 Å². The second kappa shape index (κ2) is 6.53. The van der Waals surface area contributed by atoms with Crippen LogP contribution in [0.4, 0.5) is 10.1 Å². The quantitative estimate of drug-likeness (QED) is 0.598. The lowest BCUT2D eigenvalue weighted by molar-refractivity contribution is -0.385. The fourth-order valence-corrected chi connectivity index (χ4v) is 2.02. The van der Waals surface area contributed by atoms with E-state index in [2.05, 4.69) is 15.9 Å². The molecule has 0 N–H and O–H groups in total. The van der Waals surface area contributed by atoms with Gasteiger partial charge in [0.2, 0.25) is 0 Å². The standard InChI is InChI=1S/C14H11BrFNO4/c1-20-13-5-4-11(17(18)19)7-14(13)21-8-9-2-3-10(15)6-12(9)16/h2-7H,8H2,1H3. The molecule has 0 aromatic heterocycles. The van der Waals surface area contributed by atoms with Gasteiger partial charge in [0.15, 0.2) is 11.5 Å². The van der Waals surface area contributed by atoms with E-state index in [-0.39, 0.29) is 18.0 Å². The molecule has 0 saturated carbocycles. The van der Waals surface area contributed by atoms with Crippen LogP contribution < -0.4 is 9.47 Å². The van der Waals surface area contributed by atoms with E-state index in [4.69, 9.17) is 9.47 Å². The summed E-state index contributed by atoms with van der Waals surface area (Å²) in [5, 5.41) is 10.8. The summed E-state index contributed by atoms with van der Waals surface area (Å²) in [6.07, 6.45) is 0. The second-order valence-corrected chi connectivity index (χ2v) is 5.03. The highest BCUT2D eigenvalue weighted by atomic mass is 79.9. The molecule has 2 aromatic carbocycles. The number of non-ortho nitro benzene ring substituents is 1. The monoisotopic (exact) mass is 355 g/mol. The molecular formula is C14H11BrFNO4. The minimum absolute atomic E-state index is 0.0589. The first-order valence-electron chi connectivity index (χ1n) is 5.90. The second-order valence-electron chi connectivity index (χ2n) is 4.12. The largest absolute Gasteiger partial charge is 0.493 e. The van der Waals surface area contributed by atoms with Gasteiger partial charge in [0.1, 0.15) is 12.4 Å². The van der Waals surface area contributed by atoms with Crippen molar-refractivity contribution in [2.24, 2.45) is 0 Å². The van der Waals surface area contributed by atoms with E-state index in [1.165, 1.54) is 31.4 Å². The molecular weight excluding hydrogens is 345 g/mol. The van der Waals surface area contributed by atoms with Crippen LogP contribution in [0.3, 0.4) is 0 Å². The molecule has 0 saturated heterocycles. The number of benzene rings is 2. The lowest BCUT2D eigenvalue weighted by Crippen LogP contribution is -2.01. The minimum Gasteiger partial charge on any atom is -0.493 e. The van der Waals surface area contributed by atoms with Crippen molar-refractivity contribution in [3.63, 3.8) is 0 Å². The highest BCUT2D eigenvalue weighted by Crippen LogP contribution is 2.32. The van der Waals surface area contributed by atoms with Crippen LogP contribution in [0.1, 0.15) is 5.56 Å². The Hall–Kier alpha value is -2.15. The summed E-state index contributed by atoms with van der Waals surface area (Å²) in [6, 6.07) is 8.58. The maximum atomic E-state index is 13.7. The first-order valence-corrected chi connectivity index (χ1v) is 6.69. The van der Waals surface area contributed by atoms with Gasteiger partial charge in [-0.05, 0) is 18.2 Å².